The maximum atomic E-state index is 10.5. The first-order valence-electron chi connectivity index (χ1n) is 6.83. The highest BCUT2D eigenvalue weighted by molar-refractivity contribution is 5.27. The summed E-state index contributed by atoms with van der Waals surface area (Å²) in [4.78, 5) is 0. The predicted molar refractivity (Wildman–Crippen MR) is 75.8 cm³/mol. The molecule has 0 aliphatic heterocycles. The molecule has 0 radical (unpaired) electrons. The molecule has 0 saturated heterocycles. The zero-order valence-corrected chi connectivity index (χ0v) is 12.2. The molecule has 1 unspecified atom stereocenters. The standard InChI is InChI=1S/C16H26O2/c1-6-16(7-2,18-5)15(17)14-10-8-13(9-11-14)12(3)4/h8-12,15,17H,6-7H2,1-5H3. The topological polar surface area (TPSA) is 29.5 Å². The van der Waals surface area contributed by atoms with Crippen molar-refractivity contribution in [3.8, 4) is 0 Å². The van der Waals surface area contributed by atoms with E-state index in [1.807, 2.05) is 12.1 Å². The average molecular weight is 250 g/mol. The summed E-state index contributed by atoms with van der Waals surface area (Å²) in [5.74, 6) is 0.515. The van der Waals surface area contributed by atoms with Gasteiger partial charge in [-0.2, -0.15) is 0 Å². The molecule has 1 aromatic rings. The molecule has 0 aliphatic carbocycles. The van der Waals surface area contributed by atoms with E-state index in [0.717, 1.165) is 18.4 Å². The fourth-order valence-corrected chi connectivity index (χ4v) is 2.40. The van der Waals surface area contributed by atoms with Gasteiger partial charge in [0.15, 0.2) is 0 Å². The highest BCUT2D eigenvalue weighted by Gasteiger charge is 2.35. The summed E-state index contributed by atoms with van der Waals surface area (Å²) in [6.45, 7) is 8.45. The normalized spacial score (nSPS) is 13.9. The molecule has 0 saturated carbocycles. The number of aliphatic hydroxyl groups is 1. The molecule has 0 heterocycles. The molecule has 0 amide bonds. The number of methoxy groups -OCH3 is 1. The Morgan fingerprint density at radius 3 is 1.83 bits per heavy atom. The summed E-state index contributed by atoms with van der Waals surface area (Å²) in [7, 11) is 1.68. The van der Waals surface area contributed by atoms with E-state index in [2.05, 4.69) is 39.8 Å². The number of rotatable bonds is 6. The van der Waals surface area contributed by atoms with Crippen molar-refractivity contribution in [2.45, 2.75) is 58.2 Å². The van der Waals surface area contributed by atoms with Crippen molar-refractivity contribution in [3.63, 3.8) is 0 Å². The third-order valence-electron chi connectivity index (χ3n) is 4.02. The fourth-order valence-electron chi connectivity index (χ4n) is 2.40. The number of ether oxygens (including phenoxy) is 1. The summed E-state index contributed by atoms with van der Waals surface area (Å²) in [6.07, 6.45) is 1.03. The molecule has 1 atom stereocenters. The van der Waals surface area contributed by atoms with E-state index in [0.29, 0.717) is 5.92 Å². The van der Waals surface area contributed by atoms with Gasteiger partial charge in [0.25, 0.3) is 0 Å². The van der Waals surface area contributed by atoms with Crippen LogP contribution in [-0.4, -0.2) is 17.8 Å². The molecule has 0 aromatic heterocycles. The van der Waals surface area contributed by atoms with Crippen LogP contribution in [0.2, 0.25) is 0 Å². The maximum Gasteiger partial charge on any atom is 0.108 e. The van der Waals surface area contributed by atoms with Gasteiger partial charge >= 0.3 is 0 Å². The van der Waals surface area contributed by atoms with Crippen LogP contribution in [0, 0.1) is 0 Å². The zero-order chi connectivity index (χ0) is 13.8. The molecule has 1 rings (SSSR count). The second-order valence-electron chi connectivity index (χ2n) is 5.20. The average Bonchev–Trinajstić information content (AvgIpc) is 2.41. The van der Waals surface area contributed by atoms with E-state index < -0.39 is 11.7 Å². The summed E-state index contributed by atoms with van der Waals surface area (Å²) in [6, 6.07) is 8.21. The molecule has 102 valence electrons. The summed E-state index contributed by atoms with van der Waals surface area (Å²) >= 11 is 0. The van der Waals surface area contributed by atoms with E-state index >= 15 is 0 Å². The molecule has 2 heteroatoms. The van der Waals surface area contributed by atoms with E-state index in [1.165, 1.54) is 5.56 Å². The number of benzene rings is 1. The Morgan fingerprint density at radius 2 is 1.50 bits per heavy atom. The van der Waals surface area contributed by atoms with Crippen molar-refractivity contribution < 1.29 is 9.84 Å². The van der Waals surface area contributed by atoms with E-state index in [9.17, 15) is 5.11 Å². The second kappa shape index (κ2) is 6.35. The lowest BCUT2D eigenvalue weighted by atomic mass is 9.85. The largest absolute Gasteiger partial charge is 0.385 e. The van der Waals surface area contributed by atoms with Crippen LogP contribution in [0.15, 0.2) is 24.3 Å². The van der Waals surface area contributed by atoms with Gasteiger partial charge < -0.3 is 9.84 Å². The third kappa shape index (κ3) is 2.93. The second-order valence-corrected chi connectivity index (χ2v) is 5.20. The van der Waals surface area contributed by atoms with E-state index in [4.69, 9.17) is 4.74 Å². The minimum Gasteiger partial charge on any atom is -0.385 e. The summed E-state index contributed by atoms with van der Waals surface area (Å²) in [5, 5.41) is 10.5. The number of aliphatic hydroxyl groups excluding tert-OH is 1. The molecule has 2 nitrogen and oxygen atoms in total. The molecule has 0 aliphatic rings. The Balaban J connectivity index is 2.98. The van der Waals surface area contributed by atoms with E-state index in [-0.39, 0.29) is 0 Å². The Bertz CT molecular complexity index is 342. The molecular formula is C16H26O2. The van der Waals surface area contributed by atoms with Gasteiger partial charge in [-0.05, 0) is 29.9 Å². The van der Waals surface area contributed by atoms with Crippen LogP contribution in [-0.2, 0) is 4.74 Å². The molecule has 1 N–H and O–H groups in total. The van der Waals surface area contributed by atoms with Crippen LogP contribution in [0.25, 0.3) is 0 Å². The van der Waals surface area contributed by atoms with Crippen LogP contribution < -0.4 is 0 Å². The van der Waals surface area contributed by atoms with Crippen molar-refractivity contribution in [2.24, 2.45) is 0 Å². The summed E-state index contributed by atoms with van der Waals surface area (Å²) < 4.78 is 5.58. The van der Waals surface area contributed by atoms with Gasteiger partial charge in [-0.3, -0.25) is 0 Å². The molecule has 0 spiro atoms. The number of hydrogen-bond donors (Lipinski definition) is 1. The van der Waals surface area contributed by atoms with Crippen molar-refractivity contribution in [1.82, 2.24) is 0 Å². The monoisotopic (exact) mass is 250 g/mol. The van der Waals surface area contributed by atoms with Gasteiger partial charge in [0.1, 0.15) is 6.10 Å². The molecule has 18 heavy (non-hydrogen) atoms. The number of hydrogen-bond acceptors (Lipinski definition) is 2. The van der Waals surface area contributed by atoms with Crippen LogP contribution in [0.4, 0.5) is 0 Å². The minimum absolute atomic E-state index is 0.473. The van der Waals surface area contributed by atoms with Crippen molar-refractivity contribution >= 4 is 0 Å². The van der Waals surface area contributed by atoms with Gasteiger partial charge in [-0.15, -0.1) is 0 Å². The SMILES string of the molecule is CCC(CC)(OC)C(O)c1ccc(C(C)C)cc1. The quantitative estimate of drug-likeness (QED) is 0.825. The molecule has 1 aromatic carbocycles. The van der Waals surface area contributed by atoms with Gasteiger partial charge in [0, 0.05) is 7.11 Å². The van der Waals surface area contributed by atoms with Crippen LogP contribution in [0.1, 0.15) is 63.7 Å². The lowest BCUT2D eigenvalue weighted by Gasteiger charge is -2.35. The smallest absolute Gasteiger partial charge is 0.108 e. The lowest BCUT2D eigenvalue weighted by Crippen LogP contribution is -2.37. The highest BCUT2D eigenvalue weighted by atomic mass is 16.5. The Kier molecular flexibility index (Phi) is 5.36. The first-order chi connectivity index (χ1) is 8.50. The van der Waals surface area contributed by atoms with Gasteiger partial charge in [-0.25, -0.2) is 0 Å². The van der Waals surface area contributed by atoms with Crippen LogP contribution >= 0.6 is 0 Å². The lowest BCUT2D eigenvalue weighted by molar-refractivity contribution is -0.109. The van der Waals surface area contributed by atoms with E-state index in [1.54, 1.807) is 7.11 Å². The van der Waals surface area contributed by atoms with Crippen molar-refractivity contribution in [1.29, 1.82) is 0 Å². The maximum absolute atomic E-state index is 10.5. The van der Waals surface area contributed by atoms with Gasteiger partial charge in [0.05, 0.1) is 5.60 Å². The highest BCUT2D eigenvalue weighted by Crippen LogP contribution is 2.35. The Morgan fingerprint density at radius 1 is 1.06 bits per heavy atom. The molecule has 0 fully saturated rings. The summed E-state index contributed by atoms with van der Waals surface area (Å²) in [5.41, 5.74) is 1.76. The van der Waals surface area contributed by atoms with Crippen LogP contribution in [0.5, 0.6) is 0 Å². The van der Waals surface area contributed by atoms with Crippen LogP contribution in [0.3, 0.4) is 0 Å². The Labute approximate surface area is 111 Å². The zero-order valence-electron chi connectivity index (χ0n) is 12.2. The fraction of sp³-hybridized carbons (Fsp3) is 0.625. The minimum atomic E-state index is -0.571. The van der Waals surface area contributed by atoms with Gasteiger partial charge in [0.2, 0.25) is 0 Å². The first-order valence-corrected chi connectivity index (χ1v) is 6.83. The Hall–Kier alpha value is -0.860. The third-order valence-corrected chi connectivity index (χ3v) is 4.02. The predicted octanol–water partition coefficient (Wildman–Crippen LogP) is 4.05. The first kappa shape index (κ1) is 15.2. The van der Waals surface area contributed by atoms with Crippen molar-refractivity contribution in [3.05, 3.63) is 35.4 Å². The van der Waals surface area contributed by atoms with Crippen molar-refractivity contribution in [2.75, 3.05) is 7.11 Å². The van der Waals surface area contributed by atoms with Gasteiger partial charge in [-0.1, -0.05) is 52.0 Å². The molecule has 0 bridgehead atoms. The molecular weight excluding hydrogens is 224 g/mol.